The van der Waals surface area contributed by atoms with Crippen LogP contribution in [0.15, 0.2) is 22.7 Å². The molecule has 0 bridgehead atoms. The molecule has 1 aromatic rings. The van der Waals surface area contributed by atoms with E-state index in [1.54, 1.807) is 25.1 Å². The highest BCUT2D eigenvalue weighted by Crippen LogP contribution is 2.30. The van der Waals surface area contributed by atoms with Gasteiger partial charge in [-0.25, -0.2) is 0 Å². The Morgan fingerprint density at radius 1 is 1.45 bits per heavy atom. The molecule has 0 aromatic heterocycles. The summed E-state index contributed by atoms with van der Waals surface area (Å²) in [6.07, 6.45) is -0.559. The quantitative estimate of drug-likeness (QED) is 0.756. The van der Waals surface area contributed by atoms with Crippen LogP contribution in [-0.4, -0.2) is 10.2 Å². The van der Waals surface area contributed by atoms with Gasteiger partial charge in [-0.05, 0) is 34.5 Å². The summed E-state index contributed by atoms with van der Waals surface area (Å²) in [5.74, 6) is 0.156. The molecule has 0 saturated heterocycles. The van der Waals surface area contributed by atoms with Gasteiger partial charge in [-0.3, -0.25) is 0 Å². The van der Waals surface area contributed by atoms with E-state index in [2.05, 4.69) is 15.9 Å². The first-order chi connectivity index (χ1) is 5.13. The Balaban J connectivity index is 3.17. The summed E-state index contributed by atoms with van der Waals surface area (Å²) in [7, 11) is 0. The van der Waals surface area contributed by atoms with E-state index in [-0.39, 0.29) is 5.75 Å². The predicted octanol–water partition coefficient (Wildman–Crippen LogP) is 2.21. The fourth-order valence-electron chi connectivity index (χ4n) is 0.860. The van der Waals surface area contributed by atoms with Crippen LogP contribution in [0.25, 0.3) is 0 Å². The molecule has 60 valence electrons. The maximum Gasteiger partial charge on any atom is 0.130 e. The molecule has 2 nitrogen and oxygen atoms in total. The second-order valence-corrected chi connectivity index (χ2v) is 3.15. The molecule has 3 heteroatoms. The molecule has 0 aliphatic carbocycles. The Bertz CT molecular complexity index is 258. The van der Waals surface area contributed by atoms with E-state index in [0.29, 0.717) is 10.0 Å². The standard InChI is InChI=1S/C8H9BrO2/c1-5(10)6-3-2-4-7(11)8(6)9/h2-5,10-11H,1H3/t5-/m0/s1. The zero-order valence-electron chi connectivity index (χ0n) is 6.08. The van der Waals surface area contributed by atoms with E-state index >= 15 is 0 Å². The fourth-order valence-corrected chi connectivity index (χ4v) is 1.46. The minimum atomic E-state index is -0.559. The highest BCUT2D eigenvalue weighted by molar-refractivity contribution is 9.10. The van der Waals surface area contributed by atoms with Crippen LogP contribution in [0, 0.1) is 0 Å². The minimum Gasteiger partial charge on any atom is -0.507 e. The summed E-state index contributed by atoms with van der Waals surface area (Å²) in [5, 5.41) is 18.4. The van der Waals surface area contributed by atoms with Crippen molar-refractivity contribution in [2.24, 2.45) is 0 Å². The maximum atomic E-state index is 9.19. The van der Waals surface area contributed by atoms with Crippen molar-refractivity contribution in [1.82, 2.24) is 0 Å². The van der Waals surface area contributed by atoms with Crippen LogP contribution in [0.2, 0.25) is 0 Å². The lowest BCUT2D eigenvalue weighted by molar-refractivity contribution is 0.198. The topological polar surface area (TPSA) is 40.5 Å². The smallest absolute Gasteiger partial charge is 0.130 e. The van der Waals surface area contributed by atoms with E-state index in [1.165, 1.54) is 0 Å². The van der Waals surface area contributed by atoms with Crippen LogP contribution in [0.4, 0.5) is 0 Å². The summed E-state index contributed by atoms with van der Waals surface area (Å²) in [6.45, 7) is 1.65. The summed E-state index contributed by atoms with van der Waals surface area (Å²) in [6, 6.07) is 5.02. The van der Waals surface area contributed by atoms with E-state index < -0.39 is 6.10 Å². The zero-order chi connectivity index (χ0) is 8.43. The van der Waals surface area contributed by atoms with Crippen molar-refractivity contribution in [3.8, 4) is 5.75 Å². The van der Waals surface area contributed by atoms with Gasteiger partial charge >= 0.3 is 0 Å². The Labute approximate surface area is 73.6 Å². The van der Waals surface area contributed by atoms with Gasteiger partial charge in [0.1, 0.15) is 5.75 Å². The number of hydrogen-bond donors (Lipinski definition) is 2. The molecule has 2 N–H and O–H groups in total. The van der Waals surface area contributed by atoms with Gasteiger partial charge in [0.25, 0.3) is 0 Å². The van der Waals surface area contributed by atoms with Gasteiger partial charge in [0.05, 0.1) is 10.6 Å². The first kappa shape index (κ1) is 8.56. The van der Waals surface area contributed by atoms with Crippen molar-refractivity contribution in [1.29, 1.82) is 0 Å². The van der Waals surface area contributed by atoms with Gasteiger partial charge in [0.2, 0.25) is 0 Å². The van der Waals surface area contributed by atoms with Gasteiger partial charge in [-0.15, -0.1) is 0 Å². The normalized spacial score (nSPS) is 13.0. The van der Waals surface area contributed by atoms with E-state index in [9.17, 15) is 10.2 Å². The van der Waals surface area contributed by atoms with Crippen molar-refractivity contribution in [3.05, 3.63) is 28.2 Å². The maximum absolute atomic E-state index is 9.19. The summed E-state index contributed by atoms with van der Waals surface area (Å²) < 4.78 is 0.565. The fraction of sp³-hybridized carbons (Fsp3) is 0.250. The highest BCUT2D eigenvalue weighted by Gasteiger charge is 2.07. The monoisotopic (exact) mass is 216 g/mol. The third-order valence-electron chi connectivity index (χ3n) is 1.46. The molecule has 1 atom stereocenters. The number of halogens is 1. The first-order valence-corrected chi connectivity index (χ1v) is 4.07. The third-order valence-corrected chi connectivity index (χ3v) is 2.32. The molecule has 1 aromatic carbocycles. The number of aliphatic hydroxyl groups excluding tert-OH is 1. The molecule has 0 saturated carbocycles. The molecule has 11 heavy (non-hydrogen) atoms. The van der Waals surface area contributed by atoms with Crippen molar-refractivity contribution in [3.63, 3.8) is 0 Å². The average molecular weight is 217 g/mol. The predicted molar refractivity (Wildman–Crippen MR) is 46.4 cm³/mol. The van der Waals surface area contributed by atoms with Crippen LogP contribution < -0.4 is 0 Å². The Morgan fingerprint density at radius 2 is 2.09 bits per heavy atom. The lowest BCUT2D eigenvalue weighted by atomic mass is 10.1. The number of aromatic hydroxyl groups is 1. The van der Waals surface area contributed by atoms with Gasteiger partial charge in [0, 0.05) is 0 Å². The second-order valence-electron chi connectivity index (χ2n) is 2.36. The van der Waals surface area contributed by atoms with E-state index in [0.717, 1.165) is 0 Å². The van der Waals surface area contributed by atoms with Crippen molar-refractivity contribution in [2.45, 2.75) is 13.0 Å². The Kier molecular flexibility index (Phi) is 2.52. The van der Waals surface area contributed by atoms with Crippen molar-refractivity contribution < 1.29 is 10.2 Å². The van der Waals surface area contributed by atoms with Crippen LogP contribution in [0.1, 0.15) is 18.6 Å². The molecule has 0 aliphatic heterocycles. The van der Waals surface area contributed by atoms with Crippen molar-refractivity contribution in [2.75, 3.05) is 0 Å². The van der Waals surface area contributed by atoms with Gasteiger partial charge in [-0.2, -0.15) is 0 Å². The molecule has 0 spiro atoms. The molecule has 0 fully saturated rings. The SMILES string of the molecule is C[C@H](O)c1cccc(O)c1Br. The number of phenols is 1. The lowest BCUT2D eigenvalue weighted by Crippen LogP contribution is -1.91. The minimum absolute atomic E-state index is 0.156. The van der Waals surface area contributed by atoms with Crippen LogP contribution in [0.5, 0.6) is 5.75 Å². The third kappa shape index (κ3) is 1.73. The van der Waals surface area contributed by atoms with Crippen LogP contribution in [-0.2, 0) is 0 Å². The molecular weight excluding hydrogens is 208 g/mol. The van der Waals surface area contributed by atoms with Crippen LogP contribution in [0.3, 0.4) is 0 Å². The second kappa shape index (κ2) is 3.24. The largest absolute Gasteiger partial charge is 0.507 e. The number of hydrogen-bond acceptors (Lipinski definition) is 2. The number of benzene rings is 1. The van der Waals surface area contributed by atoms with Crippen LogP contribution >= 0.6 is 15.9 Å². The summed E-state index contributed by atoms with van der Waals surface area (Å²) >= 11 is 3.17. The molecule has 1 rings (SSSR count). The Hall–Kier alpha value is -0.540. The summed E-state index contributed by atoms with van der Waals surface area (Å²) in [4.78, 5) is 0. The average Bonchev–Trinajstić information content (AvgIpc) is 1.94. The Morgan fingerprint density at radius 3 is 2.55 bits per heavy atom. The van der Waals surface area contributed by atoms with Crippen molar-refractivity contribution >= 4 is 15.9 Å². The van der Waals surface area contributed by atoms with Gasteiger partial charge in [-0.1, -0.05) is 12.1 Å². The molecule has 0 amide bonds. The summed E-state index contributed by atoms with van der Waals surface area (Å²) in [5.41, 5.74) is 0.699. The number of aliphatic hydroxyl groups is 1. The molecular formula is C8H9BrO2. The molecule has 0 aliphatic rings. The lowest BCUT2D eigenvalue weighted by Gasteiger charge is -2.07. The first-order valence-electron chi connectivity index (χ1n) is 3.28. The zero-order valence-corrected chi connectivity index (χ0v) is 7.67. The highest BCUT2D eigenvalue weighted by atomic mass is 79.9. The van der Waals surface area contributed by atoms with Gasteiger partial charge in [0.15, 0.2) is 0 Å². The van der Waals surface area contributed by atoms with E-state index in [1.807, 2.05) is 0 Å². The van der Waals surface area contributed by atoms with E-state index in [4.69, 9.17) is 0 Å². The molecule has 0 heterocycles. The number of rotatable bonds is 1. The number of phenolic OH excluding ortho intramolecular Hbond substituents is 1. The molecule has 0 radical (unpaired) electrons. The molecule has 0 unspecified atom stereocenters. The van der Waals surface area contributed by atoms with Gasteiger partial charge < -0.3 is 10.2 Å².